The van der Waals surface area contributed by atoms with E-state index in [1.165, 1.54) is 0 Å². The Morgan fingerprint density at radius 2 is 1.70 bits per heavy atom. The first-order valence-electron chi connectivity index (χ1n) is 9.73. The molecule has 7 nitrogen and oxygen atoms in total. The second-order valence-corrected chi connectivity index (χ2v) is 7.42. The van der Waals surface area contributed by atoms with Crippen LogP contribution in [0.15, 0.2) is 54.6 Å². The predicted octanol–water partition coefficient (Wildman–Crippen LogP) is 2.44. The number of nitriles is 1. The molecule has 2 aromatic rings. The van der Waals surface area contributed by atoms with E-state index >= 15 is 0 Å². The minimum atomic E-state index is -0.941. The Kier molecular flexibility index (Phi) is 6.48. The summed E-state index contributed by atoms with van der Waals surface area (Å²) in [5.41, 5.74) is 1.49. The lowest BCUT2D eigenvalue weighted by Gasteiger charge is -2.22. The molecule has 0 aliphatic heterocycles. The predicted molar refractivity (Wildman–Crippen MR) is 110 cm³/mol. The number of nitrogens with one attached hydrogen (secondary N) is 2. The number of rotatable bonds is 8. The van der Waals surface area contributed by atoms with Crippen molar-refractivity contribution in [3.8, 4) is 17.2 Å². The van der Waals surface area contributed by atoms with Crippen LogP contribution in [0.3, 0.4) is 0 Å². The number of carbonyl (C=O) groups is 3. The number of ether oxygens (including phenoxy) is 1. The van der Waals surface area contributed by atoms with Gasteiger partial charge in [0, 0.05) is 5.56 Å². The number of hydrogen-bond donors (Lipinski definition) is 2. The van der Waals surface area contributed by atoms with Gasteiger partial charge in [0.15, 0.2) is 6.61 Å². The van der Waals surface area contributed by atoms with Crippen LogP contribution in [-0.2, 0) is 14.3 Å². The first-order chi connectivity index (χ1) is 14.4. The SMILES string of the molecule is C[C@](C#N)(NC(=O)COC(=O)CNC(=O)c1ccc(-c2ccccc2)cc1)C1CC1. The zero-order valence-corrected chi connectivity index (χ0v) is 16.7. The molecule has 1 saturated carbocycles. The fourth-order valence-electron chi connectivity index (χ4n) is 3.10. The van der Waals surface area contributed by atoms with Crippen LogP contribution in [-0.4, -0.2) is 36.5 Å². The third-order valence-corrected chi connectivity index (χ3v) is 5.04. The van der Waals surface area contributed by atoms with Crippen molar-refractivity contribution >= 4 is 17.8 Å². The van der Waals surface area contributed by atoms with Crippen molar-refractivity contribution in [2.45, 2.75) is 25.3 Å². The highest BCUT2D eigenvalue weighted by atomic mass is 16.5. The van der Waals surface area contributed by atoms with Crippen molar-refractivity contribution < 1.29 is 19.1 Å². The number of carbonyl (C=O) groups excluding carboxylic acids is 3. The number of hydrogen-bond acceptors (Lipinski definition) is 5. The van der Waals surface area contributed by atoms with Gasteiger partial charge in [-0.2, -0.15) is 5.26 Å². The van der Waals surface area contributed by atoms with E-state index in [1.807, 2.05) is 42.5 Å². The molecule has 154 valence electrons. The number of benzene rings is 2. The largest absolute Gasteiger partial charge is 0.454 e. The molecular weight excluding hydrogens is 382 g/mol. The smallest absolute Gasteiger partial charge is 0.325 e. The van der Waals surface area contributed by atoms with E-state index in [4.69, 9.17) is 4.74 Å². The maximum Gasteiger partial charge on any atom is 0.325 e. The molecule has 2 amide bonds. The van der Waals surface area contributed by atoms with Crippen LogP contribution in [0.5, 0.6) is 0 Å². The third kappa shape index (κ3) is 5.45. The van der Waals surface area contributed by atoms with Crippen molar-refractivity contribution in [1.29, 1.82) is 5.26 Å². The molecule has 0 unspecified atom stereocenters. The fraction of sp³-hybridized carbons (Fsp3) is 0.304. The molecule has 0 saturated heterocycles. The lowest BCUT2D eigenvalue weighted by Crippen LogP contribution is -2.48. The molecule has 0 radical (unpaired) electrons. The number of nitrogens with zero attached hydrogens (tertiary/aromatic N) is 1. The Morgan fingerprint density at radius 3 is 2.30 bits per heavy atom. The lowest BCUT2D eigenvalue weighted by molar-refractivity contribution is -0.147. The summed E-state index contributed by atoms with van der Waals surface area (Å²) in [4.78, 5) is 36.0. The highest BCUT2D eigenvalue weighted by molar-refractivity contribution is 5.96. The number of esters is 1. The molecule has 1 aliphatic rings. The van der Waals surface area contributed by atoms with Gasteiger partial charge in [-0.3, -0.25) is 14.4 Å². The minimum Gasteiger partial charge on any atom is -0.454 e. The molecule has 0 spiro atoms. The molecule has 3 rings (SSSR count). The van der Waals surface area contributed by atoms with Gasteiger partial charge in [0.05, 0.1) is 6.07 Å². The average Bonchev–Trinajstić information content (AvgIpc) is 3.63. The first-order valence-corrected chi connectivity index (χ1v) is 9.73. The monoisotopic (exact) mass is 405 g/mol. The molecule has 2 aromatic carbocycles. The third-order valence-electron chi connectivity index (χ3n) is 5.04. The normalized spacial score (nSPS) is 14.7. The van der Waals surface area contributed by atoms with E-state index in [0.717, 1.165) is 24.0 Å². The Morgan fingerprint density at radius 1 is 1.07 bits per heavy atom. The van der Waals surface area contributed by atoms with Crippen molar-refractivity contribution in [2.75, 3.05) is 13.2 Å². The minimum absolute atomic E-state index is 0.134. The maximum absolute atomic E-state index is 12.2. The van der Waals surface area contributed by atoms with E-state index in [9.17, 15) is 19.6 Å². The molecule has 0 heterocycles. The van der Waals surface area contributed by atoms with Crippen molar-refractivity contribution in [3.63, 3.8) is 0 Å². The van der Waals surface area contributed by atoms with Crippen LogP contribution in [0.2, 0.25) is 0 Å². The summed E-state index contributed by atoms with van der Waals surface area (Å²) in [6, 6.07) is 18.9. The van der Waals surface area contributed by atoms with Gasteiger partial charge in [-0.1, -0.05) is 42.5 Å². The van der Waals surface area contributed by atoms with Crippen molar-refractivity contribution in [2.24, 2.45) is 5.92 Å². The van der Waals surface area contributed by atoms with Crippen molar-refractivity contribution in [3.05, 3.63) is 60.2 Å². The van der Waals surface area contributed by atoms with Gasteiger partial charge in [-0.15, -0.1) is 0 Å². The molecule has 2 N–H and O–H groups in total. The molecule has 1 fully saturated rings. The van der Waals surface area contributed by atoms with E-state index in [0.29, 0.717) is 5.56 Å². The zero-order chi connectivity index (χ0) is 21.6. The highest BCUT2D eigenvalue weighted by Gasteiger charge is 2.43. The first kappa shape index (κ1) is 21.1. The van der Waals surface area contributed by atoms with Crippen LogP contribution in [0.1, 0.15) is 30.1 Å². The maximum atomic E-state index is 12.2. The quantitative estimate of drug-likeness (QED) is 0.656. The van der Waals surface area contributed by atoms with Gasteiger partial charge in [-0.05, 0) is 48.9 Å². The molecule has 30 heavy (non-hydrogen) atoms. The molecule has 1 atom stereocenters. The Hall–Kier alpha value is -3.66. The Bertz CT molecular complexity index is 962. The van der Waals surface area contributed by atoms with Crippen molar-refractivity contribution in [1.82, 2.24) is 10.6 Å². The standard InChI is InChI=1S/C23H23N3O4/c1-23(15-24,19-11-12-19)26-20(27)14-30-21(28)13-25-22(29)18-9-7-17(8-10-18)16-5-3-2-4-6-16/h2-10,19H,11-14H2,1H3,(H,25,29)(H,26,27)/t23-/m1/s1. The Balaban J connectivity index is 1.42. The summed E-state index contributed by atoms with van der Waals surface area (Å²) in [5.74, 6) is -1.55. The van der Waals surface area contributed by atoms with Gasteiger partial charge >= 0.3 is 5.97 Å². The fourth-order valence-corrected chi connectivity index (χ4v) is 3.10. The van der Waals surface area contributed by atoms with Crippen LogP contribution in [0.25, 0.3) is 11.1 Å². The lowest BCUT2D eigenvalue weighted by atomic mass is 9.98. The van der Waals surface area contributed by atoms with Gasteiger partial charge in [0.2, 0.25) is 0 Å². The van der Waals surface area contributed by atoms with Crippen LogP contribution in [0.4, 0.5) is 0 Å². The molecule has 0 bridgehead atoms. The molecule has 0 aromatic heterocycles. The average molecular weight is 405 g/mol. The molecule has 7 heteroatoms. The van der Waals surface area contributed by atoms with E-state index in [1.54, 1.807) is 19.1 Å². The van der Waals surface area contributed by atoms with Gasteiger partial charge in [0.25, 0.3) is 11.8 Å². The van der Waals surface area contributed by atoms with Gasteiger partial charge in [0.1, 0.15) is 12.1 Å². The van der Waals surface area contributed by atoms with E-state index < -0.39 is 29.9 Å². The summed E-state index contributed by atoms with van der Waals surface area (Å²) in [5, 5.41) is 14.3. The highest BCUT2D eigenvalue weighted by Crippen LogP contribution is 2.39. The second kappa shape index (κ2) is 9.23. The molecular formula is C23H23N3O4. The summed E-state index contributed by atoms with van der Waals surface area (Å²) in [6.07, 6.45) is 1.78. The van der Waals surface area contributed by atoms with E-state index in [2.05, 4.69) is 16.7 Å². The number of amides is 2. The summed E-state index contributed by atoms with van der Waals surface area (Å²) in [7, 11) is 0. The summed E-state index contributed by atoms with van der Waals surface area (Å²) >= 11 is 0. The second-order valence-electron chi connectivity index (χ2n) is 7.42. The van der Waals surface area contributed by atoms with Crippen LogP contribution >= 0.6 is 0 Å². The summed E-state index contributed by atoms with van der Waals surface area (Å²) < 4.78 is 4.88. The van der Waals surface area contributed by atoms with Crippen LogP contribution in [0, 0.1) is 17.2 Å². The Labute approximate surface area is 175 Å². The van der Waals surface area contributed by atoms with Gasteiger partial charge in [-0.25, -0.2) is 0 Å². The topological polar surface area (TPSA) is 108 Å². The summed E-state index contributed by atoms with van der Waals surface area (Å²) in [6.45, 7) is 0.808. The molecule has 1 aliphatic carbocycles. The van der Waals surface area contributed by atoms with Gasteiger partial charge < -0.3 is 15.4 Å². The zero-order valence-electron chi connectivity index (χ0n) is 16.7. The van der Waals surface area contributed by atoms with Crippen LogP contribution < -0.4 is 10.6 Å². The van der Waals surface area contributed by atoms with E-state index in [-0.39, 0.29) is 12.5 Å².